The van der Waals surface area contributed by atoms with Crippen molar-refractivity contribution in [3.05, 3.63) is 47.9 Å². The molecule has 2 fully saturated rings. The van der Waals surface area contributed by atoms with Gasteiger partial charge in [-0.25, -0.2) is 19.0 Å². The summed E-state index contributed by atoms with van der Waals surface area (Å²) in [6.07, 6.45) is 3.75. The zero-order chi connectivity index (χ0) is 25.7. The van der Waals surface area contributed by atoms with Crippen LogP contribution in [0.1, 0.15) is 24.8 Å². The van der Waals surface area contributed by atoms with Gasteiger partial charge in [0.2, 0.25) is 5.91 Å². The van der Waals surface area contributed by atoms with Gasteiger partial charge >= 0.3 is 6.09 Å². The van der Waals surface area contributed by atoms with Gasteiger partial charge in [-0.3, -0.25) is 14.7 Å². The molecule has 0 aliphatic carbocycles. The number of ether oxygens (including phenoxy) is 2. The molecule has 0 radical (unpaired) electrons. The number of hydrogen-bond acceptors (Lipinski definition) is 8. The van der Waals surface area contributed by atoms with Crippen LogP contribution in [0.25, 0.3) is 0 Å². The fraction of sp³-hybridized carbons (Fsp3) is 0.458. The highest BCUT2D eigenvalue weighted by atomic mass is 32.1. The van der Waals surface area contributed by atoms with Crippen molar-refractivity contribution in [1.29, 1.82) is 0 Å². The Kier molecular flexibility index (Phi) is 8.36. The predicted octanol–water partition coefficient (Wildman–Crippen LogP) is 3.42. The summed E-state index contributed by atoms with van der Waals surface area (Å²) in [4.78, 5) is 27.7. The highest BCUT2D eigenvalue weighted by Gasteiger charge is 2.34. The predicted molar refractivity (Wildman–Crippen MR) is 132 cm³/mol. The van der Waals surface area contributed by atoms with Gasteiger partial charge in [-0.1, -0.05) is 0 Å². The van der Waals surface area contributed by atoms with Gasteiger partial charge in [-0.15, -0.1) is 0 Å². The minimum Gasteiger partial charge on any atom is -0.490 e. The smallest absolute Gasteiger partial charge is 0.414 e. The summed E-state index contributed by atoms with van der Waals surface area (Å²) >= 11 is 5.00. The summed E-state index contributed by atoms with van der Waals surface area (Å²) in [6.45, 7) is 1.29. The number of rotatable bonds is 8. The van der Waals surface area contributed by atoms with Crippen LogP contribution in [0, 0.1) is 11.6 Å². The van der Waals surface area contributed by atoms with Crippen LogP contribution in [0.3, 0.4) is 0 Å². The van der Waals surface area contributed by atoms with Crippen molar-refractivity contribution >= 4 is 40.6 Å². The minimum atomic E-state index is -0.790. The quantitative estimate of drug-likeness (QED) is 0.528. The lowest BCUT2D eigenvalue weighted by molar-refractivity contribution is -0.133. The van der Waals surface area contributed by atoms with Gasteiger partial charge in [0, 0.05) is 44.6 Å². The van der Waals surface area contributed by atoms with Crippen molar-refractivity contribution in [3.8, 4) is 0 Å². The Bertz CT molecular complexity index is 1080. The van der Waals surface area contributed by atoms with E-state index < -0.39 is 23.8 Å². The number of methoxy groups -OCH3 is 1. The zero-order valence-electron chi connectivity index (χ0n) is 19.9. The van der Waals surface area contributed by atoms with Crippen molar-refractivity contribution in [2.24, 2.45) is 0 Å². The number of carbonyl (C=O) groups is 2. The van der Waals surface area contributed by atoms with Gasteiger partial charge in [-0.05, 0) is 36.7 Å². The van der Waals surface area contributed by atoms with Crippen LogP contribution in [-0.4, -0.2) is 68.0 Å². The molecule has 1 aromatic heterocycles. The van der Waals surface area contributed by atoms with Gasteiger partial charge in [0.05, 0.1) is 38.4 Å². The number of nitrogens with one attached hydrogen (secondary N) is 1. The molecule has 2 amide bonds. The fourth-order valence-corrected chi connectivity index (χ4v) is 4.38. The lowest BCUT2D eigenvalue weighted by Gasteiger charge is -2.25. The average molecular weight is 523 g/mol. The van der Waals surface area contributed by atoms with Gasteiger partial charge in [0.25, 0.3) is 0 Å². The largest absolute Gasteiger partial charge is 0.490 e. The van der Waals surface area contributed by atoms with Crippen molar-refractivity contribution in [2.45, 2.75) is 31.8 Å². The summed E-state index contributed by atoms with van der Waals surface area (Å²) in [5, 5.41) is 1.89. The van der Waals surface area contributed by atoms with Crippen LogP contribution in [-0.2, 0) is 20.7 Å². The van der Waals surface area contributed by atoms with E-state index in [1.54, 1.807) is 23.5 Å². The highest BCUT2D eigenvalue weighted by Crippen LogP contribution is 2.31. The number of nitrogens with zero attached hydrogens (tertiary/aromatic N) is 3. The fourth-order valence-electron chi connectivity index (χ4n) is 4.26. The average Bonchev–Trinajstić information content (AvgIpc) is 3.44. The molecule has 2 aliphatic heterocycles. The third-order valence-corrected chi connectivity index (χ3v) is 6.56. The van der Waals surface area contributed by atoms with Crippen molar-refractivity contribution in [2.75, 3.05) is 49.6 Å². The molecule has 9 nitrogen and oxygen atoms in total. The van der Waals surface area contributed by atoms with Gasteiger partial charge in [0.15, 0.2) is 16.7 Å². The molecule has 12 heteroatoms. The Labute approximate surface area is 212 Å². The lowest BCUT2D eigenvalue weighted by Crippen LogP contribution is -2.43. The zero-order valence-corrected chi connectivity index (χ0v) is 20.7. The van der Waals surface area contributed by atoms with Gasteiger partial charge < -0.3 is 18.8 Å². The number of hydrogen-bond donors (Lipinski definition) is 1. The first-order chi connectivity index (χ1) is 17.4. The van der Waals surface area contributed by atoms with E-state index >= 15 is 8.78 Å². The Morgan fingerprint density at radius 2 is 2.00 bits per heavy atom. The van der Waals surface area contributed by atoms with Crippen LogP contribution in [0.15, 0.2) is 35.1 Å². The Morgan fingerprint density at radius 3 is 2.69 bits per heavy atom. The first-order valence-corrected chi connectivity index (χ1v) is 12.1. The summed E-state index contributed by atoms with van der Waals surface area (Å²) < 4.78 is 45.5. The SMILES string of the molecule is COC(=S)CC[C@H]1CN(c2cc(F)c(N3CCNN(C(=O)CCc4ccoc4)CC3)c(F)c2)C(=O)O1. The number of hydrazine groups is 1. The van der Waals surface area contributed by atoms with E-state index in [0.29, 0.717) is 37.4 Å². The molecule has 2 aliphatic rings. The number of carbonyl (C=O) groups excluding carboxylic acids is 2. The Hall–Kier alpha value is -3.25. The number of benzene rings is 1. The molecule has 0 bridgehead atoms. The summed E-state index contributed by atoms with van der Waals surface area (Å²) in [5.41, 5.74) is 3.84. The first-order valence-electron chi connectivity index (χ1n) is 11.7. The minimum absolute atomic E-state index is 0.0829. The molecule has 2 saturated heterocycles. The van der Waals surface area contributed by atoms with E-state index in [2.05, 4.69) is 5.43 Å². The number of anilines is 2. The number of cyclic esters (lactones) is 1. The molecule has 1 aromatic carbocycles. The van der Waals surface area contributed by atoms with E-state index in [9.17, 15) is 9.59 Å². The van der Waals surface area contributed by atoms with Crippen LogP contribution in [0.5, 0.6) is 0 Å². The highest BCUT2D eigenvalue weighted by molar-refractivity contribution is 7.80. The Morgan fingerprint density at radius 1 is 1.22 bits per heavy atom. The van der Waals surface area contributed by atoms with Crippen molar-refractivity contribution in [1.82, 2.24) is 10.4 Å². The standard InChI is InChI=1S/C24H28F2N4O5S/c1-33-22(36)5-3-18-14-29(24(32)35-18)17-12-19(25)23(20(26)13-17)28-8-7-27-30(10-9-28)21(31)4-2-16-6-11-34-15-16/h6,11-13,15,18,27H,2-5,7-10,14H2,1H3/t18-/m0/s1. The molecular formula is C24H28F2N4O5S. The number of halogens is 2. The summed E-state index contributed by atoms with van der Waals surface area (Å²) in [6, 6.07) is 4.07. The molecule has 36 heavy (non-hydrogen) atoms. The molecule has 2 aromatic rings. The number of aryl methyl sites for hydroxylation is 1. The third-order valence-electron chi connectivity index (χ3n) is 6.19. The van der Waals surface area contributed by atoms with Crippen LogP contribution < -0.4 is 15.2 Å². The number of thiocarbonyl (C=S) groups is 1. The first kappa shape index (κ1) is 25.8. The van der Waals surface area contributed by atoms with Crippen molar-refractivity contribution in [3.63, 3.8) is 0 Å². The van der Waals surface area contributed by atoms with Crippen LogP contribution >= 0.6 is 12.2 Å². The second-order valence-corrected chi connectivity index (χ2v) is 9.02. The number of amides is 2. The summed E-state index contributed by atoms with van der Waals surface area (Å²) in [5.74, 6) is -1.69. The maximum atomic E-state index is 15.1. The van der Waals surface area contributed by atoms with E-state index in [1.165, 1.54) is 17.0 Å². The third kappa shape index (κ3) is 6.11. The van der Waals surface area contributed by atoms with Crippen LogP contribution in [0.4, 0.5) is 25.0 Å². The lowest BCUT2D eigenvalue weighted by atomic mass is 10.1. The topological polar surface area (TPSA) is 87.5 Å². The molecule has 1 atom stereocenters. The molecule has 4 rings (SSSR count). The second-order valence-electron chi connectivity index (χ2n) is 8.56. The maximum absolute atomic E-state index is 15.1. The monoisotopic (exact) mass is 522 g/mol. The maximum Gasteiger partial charge on any atom is 0.414 e. The molecule has 0 spiro atoms. The normalized spacial score (nSPS) is 18.2. The molecule has 194 valence electrons. The van der Waals surface area contributed by atoms with Gasteiger partial charge in [-0.2, -0.15) is 0 Å². The second kappa shape index (κ2) is 11.7. The number of furan rings is 1. The molecule has 0 saturated carbocycles. The van der Waals surface area contributed by atoms with Crippen molar-refractivity contribution < 1.29 is 32.3 Å². The molecule has 1 N–H and O–H groups in total. The van der Waals surface area contributed by atoms with Crippen LogP contribution in [0.2, 0.25) is 0 Å². The molecule has 0 unspecified atom stereocenters. The molecule has 3 heterocycles. The van der Waals surface area contributed by atoms with E-state index in [4.69, 9.17) is 26.1 Å². The summed E-state index contributed by atoms with van der Waals surface area (Å²) in [7, 11) is 1.47. The van der Waals surface area contributed by atoms with E-state index in [0.717, 1.165) is 17.7 Å². The van der Waals surface area contributed by atoms with Gasteiger partial charge in [0.1, 0.15) is 11.8 Å². The Balaban J connectivity index is 1.38. The molecular weight excluding hydrogens is 494 g/mol. The van der Waals surface area contributed by atoms with E-state index in [-0.39, 0.29) is 43.3 Å². The van der Waals surface area contributed by atoms with E-state index in [1.807, 2.05) is 0 Å².